The van der Waals surface area contributed by atoms with Gasteiger partial charge in [-0.3, -0.25) is 4.79 Å². The van der Waals surface area contributed by atoms with Gasteiger partial charge in [0, 0.05) is 22.3 Å². The lowest BCUT2D eigenvalue weighted by atomic mass is 10.1. The van der Waals surface area contributed by atoms with E-state index in [2.05, 4.69) is 9.97 Å². The lowest BCUT2D eigenvalue weighted by molar-refractivity contribution is -0.143. The molecular formula is C16H13Cl2N3O2. The summed E-state index contributed by atoms with van der Waals surface area (Å²) in [6.07, 6.45) is 3.16. The second kappa shape index (κ2) is 6.56. The molecule has 0 fully saturated rings. The molecule has 1 aromatic carbocycles. The highest BCUT2D eigenvalue weighted by atomic mass is 35.5. The van der Waals surface area contributed by atoms with Crippen LogP contribution in [0.3, 0.4) is 0 Å². The first-order valence-corrected chi connectivity index (χ1v) is 7.77. The highest BCUT2D eigenvalue weighted by Gasteiger charge is 2.18. The molecule has 7 heteroatoms. The maximum absolute atomic E-state index is 11.8. The molecule has 0 aliphatic rings. The first-order valence-electron chi connectivity index (χ1n) is 7.01. The zero-order chi connectivity index (χ0) is 16.4. The number of halogens is 2. The van der Waals surface area contributed by atoms with Gasteiger partial charge in [0.2, 0.25) is 0 Å². The van der Waals surface area contributed by atoms with E-state index < -0.39 is 0 Å². The van der Waals surface area contributed by atoms with Gasteiger partial charge in [0.05, 0.1) is 12.0 Å². The molecule has 0 aliphatic heterocycles. The third-order valence-corrected chi connectivity index (χ3v) is 3.99. The molecule has 0 aliphatic carbocycles. The second-order valence-corrected chi connectivity index (χ2v) is 5.58. The van der Waals surface area contributed by atoms with Gasteiger partial charge in [-0.05, 0) is 13.0 Å². The van der Waals surface area contributed by atoms with Gasteiger partial charge < -0.3 is 9.30 Å². The van der Waals surface area contributed by atoms with Gasteiger partial charge in [-0.1, -0.05) is 41.4 Å². The van der Waals surface area contributed by atoms with E-state index in [4.69, 9.17) is 27.9 Å². The predicted molar refractivity (Wildman–Crippen MR) is 89.6 cm³/mol. The number of aromatic nitrogens is 3. The molecule has 0 saturated heterocycles. The normalized spacial score (nSPS) is 10.9. The van der Waals surface area contributed by atoms with Gasteiger partial charge in [0.25, 0.3) is 0 Å². The van der Waals surface area contributed by atoms with Crippen LogP contribution in [0.5, 0.6) is 0 Å². The third-order valence-electron chi connectivity index (χ3n) is 3.38. The number of hydrogen-bond acceptors (Lipinski definition) is 4. The van der Waals surface area contributed by atoms with Crippen molar-refractivity contribution in [1.82, 2.24) is 14.5 Å². The Morgan fingerprint density at radius 3 is 2.74 bits per heavy atom. The first kappa shape index (κ1) is 15.8. The van der Waals surface area contributed by atoms with Gasteiger partial charge in [-0.25, -0.2) is 9.97 Å². The second-order valence-electron chi connectivity index (χ2n) is 4.82. The summed E-state index contributed by atoms with van der Waals surface area (Å²) in [7, 11) is 0. The largest absolute Gasteiger partial charge is 0.465 e. The van der Waals surface area contributed by atoms with Crippen molar-refractivity contribution in [2.24, 2.45) is 0 Å². The van der Waals surface area contributed by atoms with E-state index in [9.17, 15) is 4.79 Å². The number of hydrogen-bond donors (Lipinski definition) is 0. The number of nitrogens with zero attached hydrogens (tertiary/aromatic N) is 3. The lowest BCUT2D eigenvalue weighted by Crippen LogP contribution is -2.13. The summed E-state index contributed by atoms with van der Waals surface area (Å²) in [6, 6.07) is 7.41. The van der Waals surface area contributed by atoms with Crippen LogP contribution in [0, 0.1) is 0 Å². The standard InChI is InChI=1S/C16H13Cl2N3O2/c1-2-23-13(22)8-21-7-11(10-5-3-4-6-12(10)17)14-15(18)19-9-20-16(14)21/h3-7,9H,2,8H2,1H3. The van der Waals surface area contributed by atoms with E-state index in [1.165, 1.54) is 6.33 Å². The van der Waals surface area contributed by atoms with Crippen LogP contribution in [-0.4, -0.2) is 27.1 Å². The minimum atomic E-state index is -0.343. The smallest absolute Gasteiger partial charge is 0.325 e. The Balaban J connectivity index is 2.19. The molecule has 2 aromatic heterocycles. The van der Waals surface area contributed by atoms with Crippen LogP contribution >= 0.6 is 23.2 Å². The molecule has 23 heavy (non-hydrogen) atoms. The Kier molecular flexibility index (Phi) is 4.50. The molecule has 0 unspecified atom stereocenters. The summed E-state index contributed by atoms with van der Waals surface area (Å²) < 4.78 is 6.70. The summed E-state index contributed by atoms with van der Waals surface area (Å²) in [5, 5.41) is 1.56. The van der Waals surface area contributed by atoms with Crippen molar-refractivity contribution >= 4 is 40.2 Å². The molecule has 0 N–H and O–H groups in total. The molecule has 3 rings (SSSR count). The van der Waals surface area contributed by atoms with Gasteiger partial charge in [0.1, 0.15) is 23.7 Å². The fraction of sp³-hybridized carbons (Fsp3) is 0.188. The lowest BCUT2D eigenvalue weighted by Gasteiger charge is -2.03. The number of esters is 1. The summed E-state index contributed by atoms with van der Waals surface area (Å²) in [4.78, 5) is 20.1. The van der Waals surface area contributed by atoms with Gasteiger partial charge in [-0.15, -0.1) is 0 Å². The zero-order valence-electron chi connectivity index (χ0n) is 12.3. The number of fused-ring (bicyclic) bond motifs is 1. The number of benzene rings is 1. The maximum atomic E-state index is 11.8. The summed E-state index contributed by atoms with van der Waals surface area (Å²) >= 11 is 12.5. The average Bonchev–Trinajstić information content (AvgIpc) is 2.88. The van der Waals surface area contributed by atoms with E-state index in [1.54, 1.807) is 23.8 Å². The molecule has 0 spiro atoms. The van der Waals surface area contributed by atoms with Gasteiger partial charge in [0.15, 0.2) is 0 Å². The van der Waals surface area contributed by atoms with Crippen LogP contribution in [0.4, 0.5) is 0 Å². The van der Waals surface area contributed by atoms with E-state index in [0.29, 0.717) is 27.8 Å². The monoisotopic (exact) mass is 349 g/mol. The third kappa shape index (κ3) is 3.02. The summed E-state index contributed by atoms with van der Waals surface area (Å²) in [5.41, 5.74) is 2.15. The SMILES string of the molecule is CCOC(=O)Cn1cc(-c2ccccc2Cl)c2c(Cl)ncnc21. The van der Waals surface area contributed by atoms with Crippen molar-refractivity contribution in [1.29, 1.82) is 0 Å². The molecule has 0 radical (unpaired) electrons. The highest BCUT2D eigenvalue weighted by molar-refractivity contribution is 6.36. The summed E-state index contributed by atoms with van der Waals surface area (Å²) in [5.74, 6) is -0.343. The van der Waals surface area contributed by atoms with E-state index >= 15 is 0 Å². The Labute approximate surface area is 142 Å². The Bertz CT molecular complexity index is 877. The quantitative estimate of drug-likeness (QED) is 0.528. The number of carbonyl (C=O) groups excluding carboxylic acids is 1. The zero-order valence-corrected chi connectivity index (χ0v) is 13.8. The highest BCUT2D eigenvalue weighted by Crippen LogP contribution is 2.36. The molecule has 5 nitrogen and oxygen atoms in total. The van der Waals surface area contributed by atoms with Crippen molar-refractivity contribution in [2.45, 2.75) is 13.5 Å². The van der Waals surface area contributed by atoms with Gasteiger partial charge in [-0.2, -0.15) is 0 Å². The van der Waals surface area contributed by atoms with Gasteiger partial charge >= 0.3 is 5.97 Å². The van der Waals surface area contributed by atoms with Crippen molar-refractivity contribution in [3.8, 4) is 11.1 Å². The molecule has 2 heterocycles. The fourth-order valence-electron chi connectivity index (χ4n) is 2.44. The number of ether oxygens (including phenoxy) is 1. The van der Waals surface area contributed by atoms with E-state index in [1.807, 2.05) is 18.2 Å². The van der Waals surface area contributed by atoms with Crippen molar-refractivity contribution in [3.63, 3.8) is 0 Å². The molecule has 3 aromatic rings. The van der Waals surface area contributed by atoms with Crippen LogP contribution in [0.25, 0.3) is 22.2 Å². The van der Waals surface area contributed by atoms with Crippen LogP contribution in [-0.2, 0) is 16.1 Å². The molecule has 0 atom stereocenters. The molecule has 0 bridgehead atoms. The van der Waals surface area contributed by atoms with Crippen LogP contribution in [0.2, 0.25) is 10.2 Å². The Morgan fingerprint density at radius 1 is 1.22 bits per heavy atom. The minimum absolute atomic E-state index is 0.0438. The molecule has 0 saturated carbocycles. The van der Waals surface area contributed by atoms with E-state index in [0.717, 1.165) is 11.1 Å². The summed E-state index contributed by atoms with van der Waals surface area (Å²) in [6.45, 7) is 2.13. The molecular weight excluding hydrogens is 337 g/mol. The Hall–Kier alpha value is -2.11. The predicted octanol–water partition coefficient (Wildman–Crippen LogP) is 3.97. The van der Waals surface area contributed by atoms with Crippen LogP contribution < -0.4 is 0 Å². The molecule has 0 amide bonds. The Morgan fingerprint density at radius 2 is 2.00 bits per heavy atom. The average molecular weight is 350 g/mol. The number of rotatable bonds is 4. The topological polar surface area (TPSA) is 57.0 Å². The minimum Gasteiger partial charge on any atom is -0.465 e. The molecule has 118 valence electrons. The van der Waals surface area contributed by atoms with Crippen molar-refractivity contribution in [2.75, 3.05) is 6.61 Å². The maximum Gasteiger partial charge on any atom is 0.325 e. The van der Waals surface area contributed by atoms with Crippen LogP contribution in [0.1, 0.15) is 6.92 Å². The van der Waals surface area contributed by atoms with Crippen molar-refractivity contribution < 1.29 is 9.53 Å². The number of carbonyl (C=O) groups is 1. The fourth-order valence-corrected chi connectivity index (χ4v) is 2.90. The van der Waals surface area contributed by atoms with Crippen LogP contribution in [0.15, 0.2) is 36.8 Å². The first-order chi connectivity index (χ1) is 11.1. The van der Waals surface area contributed by atoms with E-state index in [-0.39, 0.29) is 12.5 Å². The van der Waals surface area contributed by atoms with Crippen molar-refractivity contribution in [3.05, 3.63) is 47.0 Å².